The first-order valence-electron chi connectivity index (χ1n) is 6.48. The lowest BCUT2D eigenvalue weighted by Crippen LogP contribution is -2.33. The third-order valence-electron chi connectivity index (χ3n) is 2.84. The summed E-state index contributed by atoms with van der Waals surface area (Å²) < 4.78 is 5.15. The molecule has 1 N–H and O–H groups in total. The van der Waals surface area contributed by atoms with Crippen molar-refractivity contribution in [1.29, 1.82) is 0 Å². The Morgan fingerprint density at radius 3 is 2.38 bits per heavy atom. The summed E-state index contributed by atoms with van der Waals surface area (Å²) in [6, 6.07) is 0.628. The highest BCUT2D eigenvalue weighted by Gasteiger charge is 2.07. The van der Waals surface area contributed by atoms with Gasteiger partial charge < -0.3 is 15.0 Å². The van der Waals surface area contributed by atoms with Gasteiger partial charge in [0.05, 0.1) is 6.61 Å². The highest BCUT2D eigenvalue weighted by molar-refractivity contribution is 4.63. The Bertz CT molecular complexity index is 151. The maximum absolute atomic E-state index is 5.15. The molecule has 0 saturated carbocycles. The van der Waals surface area contributed by atoms with Gasteiger partial charge in [0.1, 0.15) is 0 Å². The van der Waals surface area contributed by atoms with Gasteiger partial charge in [0, 0.05) is 26.2 Å². The lowest BCUT2D eigenvalue weighted by molar-refractivity contribution is 0.138. The second-order valence-electron chi connectivity index (χ2n) is 5.02. The fraction of sp³-hybridized carbons (Fsp3) is 1.00. The van der Waals surface area contributed by atoms with Crippen LogP contribution < -0.4 is 5.32 Å². The van der Waals surface area contributed by atoms with Crippen molar-refractivity contribution in [2.45, 2.75) is 39.7 Å². The van der Waals surface area contributed by atoms with Crippen LogP contribution in [0, 0.1) is 5.92 Å². The zero-order chi connectivity index (χ0) is 12.4. The molecule has 0 bridgehead atoms. The summed E-state index contributed by atoms with van der Waals surface area (Å²) in [6.07, 6.45) is 2.51. The number of hydrogen-bond acceptors (Lipinski definition) is 3. The molecule has 0 aromatic rings. The molecule has 1 atom stereocenters. The molecule has 0 rings (SSSR count). The van der Waals surface area contributed by atoms with Gasteiger partial charge >= 0.3 is 0 Å². The molecule has 0 heterocycles. The van der Waals surface area contributed by atoms with Crippen molar-refractivity contribution in [2.75, 3.05) is 40.4 Å². The van der Waals surface area contributed by atoms with E-state index >= 15 is 0 Å². The summed E-state index contributed by atoms with van der Waals surface area (Å²) in [7, 11) is 3.80. The molecule has 0 aliphatic heterocycles. The summed E-state index contributed by atoms with van der Waals surface area (Å²) in [6.45, 7) is 11.1. The first-order chi connectivity index (χ1) is 7.60. The fourth-order valence-electron chi connectivity index (χ4n) is 1.80. The Kier molecular flexibility index (Phi) is 9.99. The molecule has 0 aromatic heterocycles. The van der Waals surface area contributed by atoms with E-state index in [0.29, 0.717) is 6.04 Å². The van der Waals surface area contributed by atoms with E-state index in [1.807, 2.05) is 7.05 Å². The second kappa shape index (κ2) is 10.1. The van der Waals surface area contributed by atoms with Crippen molar-refractivity contribution >= 4 is 0 Å². The summed E-state index contributed by atoms with van der Waals surface area (Å²) in [5.74, 6) is 0.735. The Balaban J connectivity index is 3.72. The van der Waals surface area contributed by atoms with Crippen molar-refractivity contribution in [3.05, 3.63) is 0 Å². The summed E-state index contributed by atoms with van der Waals surface area (Å²) in [5.41, 5.74) is 0. The number of nitrogens with zero attached hydrogens (tertiary/aromatic N) is 1. The van der Waals surface area contributed by atoms with Crippen LogP contribution in [0.1, 0.15) is 33.6 Å². The van der Waals surface area contributed by atoms with E-state index in [1.54, 1.807) is 7.11 Å². The number of methoxy groups -OCH3 is 1. The normalized spacial score (nSPS) is 13.7. The predicted octanol–water partition coefficient (Wildman–Crippen LogP) is 1.98. The minimum atomic E-state index is 0.628. The maximum Gasteiger partial charge on any atom is 0.0589 e. The van der Waals surface area contributed by atoms with Crippen molar-refractivity contribution in [3.63, 3.8) is 0 Å². The second-order valence-corrected chi connectivity index (χ2v) is 5.02. The van der Waals surface area contributed by atoms with Crippen LogP contribution in [0.25, 0.3) is 0 Å². The van der Waals surface area contributed by atoms with E-state index in [2.05, 4.69) is 31.0 Å². The largest absolute Gasteiger partial charge is 0.383 e. The van der Waals surface area contributed by atoms with E-state index < -0.39 is 0 Å². The molecule has 0 saturated heterocycles. The Morgan fingerprint density at radius 2 is 1.88 bits per heavy atom. The molecule has 0 spiro atoms. The number of ether oxygens (including phenoxy) is 1. The van der Waals surface area contributed by atoms with E-state index in [0.717, 1.165) is 19.1 Å². The van der Waals surface area contributed by atoms with Gasteiger partial charge in [-0.15, -0.1) is 0 Å². The summed E-state index contributed by atoms with van der Waals surface area (Å²) >= 11 is 0. The van der Waals surface area contributed by atoms with Gasteiger partial charge in [-0.2, -0.15) is 0 Å². The van der Waals surface area contributed by atoms with Crippen LogP contribution in [0.2, 0.25) is 0 Å². The zero-order valence-corrected chi connectivity index (χ0v) is 11.8. The molecule has 3 nitrogen and oxygen atoms in total. The molecular weight excluding hydrogens is 200 g/mol. The monoisotopic (exact) mass is 230 g/mol. The van der Waals surface area contributed by atoms with E-state index in [4.69, 9.17) is 4.74 Å². The third kappa shape index (κ3) is 9.13. The molecule has 16 heavy (non-hydrogen) atoms. The third-order valence-corrected chi connectivity index (χ3v) is 2.84. The van der Waals surface area contributed by atoms with E-state index in [-0.39, 0.29) is 0 Å². The van der Waals surface area contributed by atoms with Crippen molar-refractivity contribution in [1.82, 2.24) is 10.2 Å². The average Bonchev–Trinajstić information content (AvgIpc) is 2.24. The van der Waals surface area contributed by atoms with Gasteiger partial charge in [0.15, 0.2) is 0 Å². The zero-order valence-electron chi connectivity index (χ0n) is 11.8. The maximum atomic E-state index is 5.15. The first kappa shape index (κ1) is 15.9. The Labute approximate surface area is 102 Å². The van der Waals surface area contributed by atoms with Crippen molar-refractivity contribution < 1.29 is 4.74 Å². The van der Waals surface area contributed by atoms with Gasteiger partial charge in [0.25, 0.3) is 0 Å². The predicted molar refractivity (Wildman–Crippen MR) is 70.9 cm³/mol. The molecule has 0 aliphatic carbocycles. The smallest absolute Gasteiger partial charge is 0.0589 e. The highest BCUT2D eigenvalue weighted by Crippen LogP contribution is 2.03. The molecule has 0 fully saturated rings. The Hall–Kier alpha value is -0.120. The van der Waals surface area contributed by atoms with Crippen LogP contribution in [-0.4, -0.2) is 51.3 Å². The number of hydrogen-bond donors (Lipinski definition) is 1. The molecule has 3 heteroatoms. The molecule has 0 amide bonds. The first-order valence-corrected chi connectivity index (χ1v) is 6.48. The van der Waals surface area contributed by atoms with E-state index in [9.17, 15) is 0 Å². The Morgan fingerprint density at radius 1 is 1.19 bits per heavy atom. The van der Waals surface area contributed by atoms with Crippen molar-refractivity contribution in [3.8, 4) is 0 Å². The van der Waals surface area contributed by atoms with Crippen LogP contribution >= 0.6 is 0 Å². The molecule has 1 unspecified atom stereocenters. The minimum absolute atomic E-state index is 0.628. The fourth-order valence-corrected chi connectivity index (χ4v) is 1.80. The van der Waals surface area contributed by atoms with Crippen LogP contribution in [0.4, 0.5) is 0 Å². The lowest BCUT2D eigenvalue weighted by atomic mass is 10.1. The molecular formula is C13H30N2O. The van der Waals surface area contributed by atoms with E-state index in [1.165, 1.54) is 25.9 Å². The number of rotatable bonds is 10. The van der Waals surface area contributed by atoms with Crippen LogP contribution in [0.5, 0.6) is 0 Å². The standard InChI is InChI=1S/C13H30N2O/c1-12(2)11-15(9-10-16-5)8-6-7-13(3)14-4/h12-14H,6-11H2,1-5H3. The van der Waals surface area contributed by atoms with Crippen molar-refractivity contribution in [2.24, 2.45) is 5.92 Å². The summed E-state index contributed by atoms with van der Waals surface area (Å²) in [4.78, 5) is 2.51. The highest BCUT2D eigenvalue weighted by atomic mass is 16.5. The van der Waals surface area contributed by atoms with Gasteiger partial charge in [-0.3, -0.25) is 0 Å². The topological polar surface area (TPSA) is 24.5 Å². The average molecular weight is 230 g/mol. The van der Waals surface area contributed by atoms with Gasteiger partial charge in [0.2, 0.25) is 0 Å². The molecule has 0 aromatic carbocycles. The van der Waals surface area contributed by atoms with Crippen LogP contribution in [-0.2, 0) is 4.74 Å². The van der Waals surface area contributed by atoms with Crippen LogP contribution in [0.3, 0.4) is 0 Å². The van der Waals surface area contributed by atoms with Gasteiger partial charge in [-0.1, -0.05) is 13.8 Å². The van der Waals surface area contributed by atoms with Crippen LogP contribution in [0.15, 0.2) is 0 Å². The quantitative estimate of drug-likeness (QED) is 0.621. The minimum Gasteiger partial charge on any atom is -0.383 e. The molecule has 0 radical (unpaired) electrons. The molecule has 98 valence electrons. The number of nitrogens with one attached hydrogen (secondary N) is 1. The lowest BCUT2D eigenvalue weighted by Gasteiger charge is -2.24. The van der Waals surface area contributed by atoms with Gasteiger partial charge in [-0.05, 0) is 39.3 Å². The molecule has 0 aliphatic rings. The summed E-state index contributed by atoms with van der Waals surface area (Å²) in [5, 5.41) is 3.28. The van der Waals surface area contributed by atoms with Gasteiger partial charge in [-0.25, -0.2) is 0 Å². The SMILES string of the molecule is CNC(C)CCCN(CCOC)CC(C)C.